The quantitative estimate of drug-likeness (QED) is 0.640. The van der Waals surface area contributed by atoms with Gasteiger partial charge < -0.3 is 20.1 Å². The highest BCUT2D eigenvalue weighted by atomic mass is 16.4. The second kappa shape index (κ2) is 5.23. The van der Waals surface area contributed by atoms with Gasteiger partial charge in [-0.05, 0) is 19.9 Å². The number of carboxylic acid groups (broad SMARTS) is 1. The molecule has 0 aliphatic carbocycles. The third kappa shape index (κ3) is 3.41. The van der Waals surface area contributed by atoms with Crippen LogP contribution in [-0.4, -0.2) is 44.6 Å². The molecule has 0 spiro atoms. The zero-order chi connectivity index (χ0) is 14.8. The number of aromatic nitrogens is 1. The fourth-order valence-corrected chi connectivity index (χ4v) is 1.40. The van der Waals surface area contributed by atoms with E-state index in [1.807, 2.05) is 0 Å². The number of aliphatic hydroxyl groups is 1. The number of amides is 1. The van der Waals surface area contributed by atoms with Crippen LogP contribution in [0.3, 0.4) is 0 Å². The highest BCUT2D eigenvalue weighted by Gasteiger charge is 2.30. The Morgan fingerprint density at radius 1 is 1.42 bits per heavy atom. The topological polar surface area (TPSA) is 109 Å². The Kier molecular flexibility index (Phi) is 4.10. The van der Waals surface area contributed by atoms with Gasteiger partial charge in [-0.3, -0.25) is 9.59 Å². The molecule has 1 aromatic rings. The van der Waals surface area contributed by atoms with Gasteiger partial charge in [0.15, 0.2) is 11.4 Å². The van der Waals surface area contributed by atoms with Crippen molar-refractivity contribution in [3.63, 3.8) is 0 Å². The largest absolute Gasteiger partial charge is 0.479 e. The lowest BCUT2D eigenvalue weighted by molar-refractivity contribution is -0.155. The van der Waals surface area contributed by atoms with E-state index < -0.39 is 24.0 Å². The zero-order valence-corrected chi connectivity index (χ0v) is 10.9. The van der Waals surface area contributed by atoms with E-state index in [9.17, 15) is 19.5 Å². The van der Waals surface area contributed by atoms with Gasteiger partial charge in [-0.25, -0.2) is 4.79 Å². The zero-order valence-electron chi connectivity index (χ0n) is 10.9. The van der Waals surface area contributed by atoms with E-state index in [0.717, 1.165) is 6.92 Å². The Morgan fingerprint density at radius 3 is 2.42 bits per heavy atom. The molecule has 0 fully saturated rings. The predicted octanol–water partition coefficient (Wildman–Crippen LogP) is -0.207. The molecule has 0 aromatic carbocycles. The predicted molar refractivity (Wildman–Crippen MR) is 66.0 cm³/mol. The maximum atomic E-state index is 11.8. The van der Waals surface area contributed by atoms with Crippen LogP contribution in [0.5, 0.6) is 0 Å². The number of ketones is 1. The number of nitrogens with zero attached hydrogens (tertiary/aromatic N) is 1. The van der Waals surface area contributed by atoms with Crippen molar-refractivity contribution in [1.82, 2.24) is 9.88 Å². The van der Waals surface area contributed by atoms with Crippen molar-refractivity contribution in [2.45, 2.75) is 19.4 Å². The lowest BCUT2D eigenvalue weighted by Crippen LogP contribution is -2.46. The van der Waals surface area contributed by atoms with Gasteiger partial charge in [-0.1, -0.05) is 0 Å². The number of carbonyl (C=O) groups excluding carboxylic acids is 2. The molecule has 7 heteroatoms. The summed E-state index contributed by atoms with van der Waals surface area (Å²) in [5, 5.41) is 20.5. The molecule has 3 N–H and O–H groups in total. The third-order valence-corrected chi connectivity index (χ3v) is 2.70. The minimum absolute atomic E-state index is 0.174. The van der Waals surface area contributed by atoms with E-state index in [4.69, 9.17) is 5.11 Å². The average Bonchev–Trinajstić information content (AvgIpc) is 2.68. The number of aliphatic carboxylic acids is 1. The standard InChI is InChI=1S/C12H16N2O5/c1-7(15)8-4-9(14(3)5-8)10(16)13-6-12(2,19)11(17)18/h4-5,19H,6H2,1-3H3,(H,13,16)(H,17,18). The summed E-state index contributed by atoms with van der Waals surface area (Å²) in [7, 11) is 1.59. The molecule has 1 unspecified atom stereocenters. The number of aryl methyl sites for hydroxylation is 1. The lowest BCUT2D eigenvalue weighted by atomic mass is 10.1. The van der Waals surface area contributed by atoms with Gasteiger partial charge in [-0.15, -0.1) is 0 Å². The monoisotopic (exact) mass is 268 g/mol. The molecule has 0 radical (unpaired) electrons. The summed E-state index contributed by atoms with van der Waals surface area (Å²) in [6, 6.07) is 1.41. The van der Waals surface area contributed by atoms with Crippen molar-refractivity contribution < 1.29 is 24.6 Å². The summed E-state index contributed by atoms with van der Waals surface area (Å²) in [4.78, 5) is 33.7. The van der Waals surface area contributed by atoms with Crippen molar-refractivity contribution in [3.8, 4) is 0 Å². The van der Waals surface area contributed by atoms with Crippen LogP contribution in [0.25, 0.3) is 0 Å². The Morgan fingerprint density at radius 2 is 2.00 bits per heavy atom. The molecule has 1 heterocycles. The van der Waals surface area contributed by atoms with Crippen LogP contribution >= 0.6 is 0 Å². The first-order chi connectivity index (χ1) is 8.65. The minimum Gasteiger partial charge on any atom is -0.479 e. The van der Waals surface area contributed by atoms with Crippen LogP contribution < -0.4 is 5.32 Å². The maximum absolute atomic E-state index is 11.8. The number of nitrogens with one attached hydrogen (secondary N) is 1. The Bertz CT molecular complexity index is 530. The molecule has 0 saturated heterocycles. The molecular weight excluding hydrogens is 252 g/mol. The van der Waals surface area contributed by atoms with Crippen molar-refractivity contribution in [2.24, 2.45) is 7.05 Å². The van der Waals surface area contributed by atoms with Crippen molar-refractivity contribution >= 4 is 17.7 Å². The minimum atomic E-state index is -2.04. The smallest absolute Gasteiger partial charge is 0.337 e. The molecule has 0 aliphatic rings. The lowest BCUT2D eigenvalue weighted by Gasteiger charge is -2.18. The SMILES string of the molecule is CC(=O)c1cc(C(=O)NCC(C)(O)C(=O)O)n(C)c1. The molecule has 1 atom stereocenters. The molecule has 0 saturated carbocycles. The van der Waals surface area contributed by atoms with Gasteiger partial charge in [0.1, 0.15) is 5.69 Å². The van der Waals surface area contributed by atoms with Gasteiger partial charge in [0.25, 0.3) is 5.91 Å². The number of carbonyl (C=O) groups is 3. The fraction of sp³-hybridized carbons (Fsp3) is 0.417. The van der Waals surface area contributed by atoms with Gasteiger partial charge in [0, 0.05) is 18.8 Å². The van der Waals surface area contributed by atoms with Gasteiger partial charge in [0.05, 0.1) is 6.54 Å². The second-order valence-corrected chi connectivity index (χ2v) is 4.54. The summed E-state index contributed by atoms with van der Waals surface area (Å²) < 4.78 is 1.46. The number of carboxylic acids is 1. The van der Waals surface area contributed by atoms with Crippen molar-refractivity contribution in [1.29, 1.82) is 0 Å². The van der Waals surface area contributed by atoms with Crippen molar-refractivity contribution in [2.75, 3.05) is 6.54 Å². The number of rotatable bonds is 5. The molecular formula is C12H16N2O5. The number of hydrogen-bond donors (Lipinski definition) is 3. The van der Waals surface area contributed by atoms with E-state index in [2.05, 4.69) is 5.32 Å². The van der Waals surface area contributed by atoms with E-state index in [0.29, 0.717) is 5.56 Å². The third-order valence-electron chi connectivity index (χ3n) is 2.70. The van der Waals surface area contributed by atoms with Crippen LogP contribution in [0, 0.1) is 0 Å². The number of hydrogen-bond acceptors (Lipinski definition) is 4. The average molecular weight is 268 g/mol. The first-order valence-electron chi connectivity index (χ1n) is 5.56. The summed E-state index contributed by atoms with van der Waals surface area (Å²) >= 11 is 0. The molecule has 7 nitrogen and oxygen atoms in total. The molecule has 19 heavy (non-hydrogen) atoms. The first kappa shape index (κ1) is 14.9. The molecule has 104 valence electrons. The summed E-state index contributed by atoms with van der Waals surface area (Å²) in [5.74, 6) is -2.16. The fourth-order valence-electron chi connectivity index (χ4n) is 1.40. The van der Waals surface area contributed by atoms with Crippen molar-refractivity contribution in [3.05, 3.63) is 23.5 Å². The highest BCUT2D eigenvalue weighted by Crippen LogP contribution is 2.09. The van der Waals surface area contributed by atoms with E-state index in [1.165, 1.54) is 23.8 Å². The van der Waals surface area contributed by atoms with Crippen LogP contribution in [0.1, 0.15) is 34.7 Å². The van der Waals surface area contributed by atoms with Crippen LogP contribution in [0.15, 0.2) is 12.3 Å². The molecule has 0 bridgehead atoms. The van der Waals surface area contributed by atoms with Crippen LogP contribution in [0.4, 0.5) is 0 Å². The summed E-state index contributed by atoms with van der Waals surface area (Å²) in [6.07, 6.45) is 1.51. The Labute approximate surface area is 109 Å². The second-order valence-electron chi connectivity index (χ2n) is 4.54. The van der Waals surface area contributed by atoms with Crippen LogP contribution in [-0.2, 0) is 11.8 Å². The van der Waals surface area contributed by atoms with Gasteiger partial charge in [-0.2, -0.15) is 0 Å². The molecule has 1 aromatic heterocycles. The summed E-state index contributed by atoms with van der Waals surface area (Å²) in [5.41, 5.74) is -1.44. The summed E-state index contributed by atoms with van der Waals surface area (Å²) in [6.45, 7) is 2.04. The normalized spacial score (nSPS) is 13.7. The molecule has 1 rings (SSSR count). The molecule has 0 aliphatic heterocycles. The highest BCUT2D eigenvalue weighted by molar-refractivity contribution is 5.99. The number of Topliss-reactive ketones (excluding diaryl/α,β-unsaturated/α-hetero) is 1. The van der Waals surface area contributed by atoms with E-state index in [-0.39, 0.29) is 11.5 Å². The van der Waals surface area contributed by atoms with Gasteiger partial charge in [0.2, 0.25) is 0 Å². The molecule has 1 amide bonds. The van der Waals surface area contributed by atoms with Gasteiger partial charge >= 0.3 is 5.97 Å². The Hall–Kier alpha value is -2.15. The van der Waals surface area contributed by atoms with E-state index >= 15 is 0 Å². The first-order valence-corrected chi connectivity index (χ1v) is 5.56. The van der Waals surface area contributed by atoms with E-state index in [1.54, 1.807) is 7.05 Å². The Balaban J connectivity index is 2.80. The van der Waals surface area contributed by atoms with Crippen LogP contribution in [0.2, 0.25) is 0 Å². The maximum Gasteiger partial charge on any atom is 0.337 e.